The van der Waals surface area contributed by atoms with Crippen LogP contribution in [0.5, 0.6) is 0 Å². The van der Waals surface area contributed by atoms with Gasteiger partial charge in [0, 0.05) is 18.4 Å². The van der Waals surface area contributed by atoms with Crippen LogP contribution in [-0.4, -0.2) is 37.0 Å². The summed E-state index contributed by atoms with van der Waals surface area (Å²) in [5.41, 5.74) is 0. The van der Waals surface area contributed by atoms with Crippen LogP contribution in [0.15, 0.2) is 0 Å². The Morgan fingerprint density at radius 3 is 2.56 bits per heavy atom. The van der Waals surface area contributed by atoms with Crippen molar-refractivity contribution in [2.75, 3.05) is 32.1 Å². The first-order chi connectivity index (χ1) is 4.31. The molecule has 0 heterocycles. The first-order valence-corrected chi connectivity index (χ1v) is 4.24. The van der Waals surface area contributed by atoms with Gasteiger partial charge in [0.2, 0.25) is 0 Å². The Morgan fingerprint density at radius 1 is 1.44 bits per heavy atom. The van der Waals surface area contributed by atoms with Crippen LogP contribution >= 0.6 is 15.9 Å². The average Bonchev–Trinajstić information content (AvgIpc) is 1.85. The molecule has 0 fully saturated rings. The molecule has 0 amide bonds. The summed E-state index contributed by atoms with van der Waals surface area (Å²) in [7, 11) is 2.00. The van der Waals surface area contributed by atoms with Gasteiger partial charge in [-0.2, -0.15) is 0 Å². The highest BCUT2D eigenvalue weighted by atomic mass is 79.9. The van der Waals surface area contributed by atoms with Gasteiger partial charge in [-0.3, -0.25) is 4.39 Å². The van der Waals surface area contributed by atoms with Crippen molar-refractivity contribution in [1.29, 1.82) is 0 Å². The summed E-state index contributed by atoms with van der Waals surface area (Å²) in [6.07, 6.45) is 0.656. The van der Waals surface area contributed by atoms with Gasteiger partial charge >= 0.3 is 0 Å². The van der Waals surface area contributed by atoms with Gasteiger partial charge in [-0.1, -0.05) is 15.9 Å². The smallest absolute Gasteiger partial charge is 0.0906 e. The summed E-state index contributed by atoms with van der Waals surface area (Å²) in [4.78, 5) is 2.11. The second kappa shape index (κ2) is 6.49. The molecule has 0 bridgehead atoms. The van der Waals surface area contributed by atoms with Crippen molar-refractivity contribution in [2.45, 2.75) is 6.42 Å². The van der Waals surface area contributed by atoms with E-state index in [1.54, 1.807) is 0 Å². The molecule has 3 heteroatoms. The van der Waals surface area contributed by atoms with Crippen molar-refractivity contribution >= 4 is 15.9 Å². The van der Waals surface area contributed by atoms with Gasteiger partial charge in [-0.15, -0.1) is 0 Å². The minimum absolute atomic E-state index is 0.202. The molecule has 9 heavy (non-hydrogen) atoms. The van der Waals surface area contributed by atoms with E-state index < -0.39 is 0 Å². The van der Waals surface area contributed by atoms with Crippen molar-refractivity contribution in [2.24, 2.45) is 0 Å². The van der Waals surface area contributed by atoms with Crippen molar-refractivity contribution in [1.82, 2.24) is 4.90 Å². The van der Waals surface area contributed by atoms with E-state index in [1.807, 2.05) is 7.05 Å². The molecule has 0 rings (SSSR count). The van der Waals surface area contributed by atoms with Crippen molar-refractivity contribution < 1.29 is 4.39 Å². The lowest BCUT2D eigenvalue weighted by Crippen LogP contribution is -2.21. The number of hydrogen-bond donors (Lipinski definition) is 0. The lowest BCUT2D eigenvalue weighted by atomic mass is 10.4. The predicted molar refractivity (Wildman–Crippen MR) is 41.9 cm³/mol. The maximum absolute atomic E-state index is 11.6. The van der Waals surface area contributed by atoms with Crippen LogP contribution in [0, 0.1) is 0 Å². The van der Waals surface area contributed by atoms with E-state index in [0.29, 0.717) is 6.42 Å². The first-order valence-electron chi connectivity index (χ1n) is 3.11. The van der Waals surface area contributed by atoms with Crippen molar-refractivity contribution in [3.63, 3.8) is 0 Å². The SMILES string of the molecule is CN(CCBr)CCCF. The molecular formula is C6H13BrFN. The number of alkyl halides is 2. The molecule has 56 valence electrons. The van der Waals surface area contributed by atoms with Gasteiger partial charge in [-0.25, -0.2) is 0 Å². The number of halogens is 2. The van der Waals surface area contributed by atoms with Crippen LogP contribution < -0.4 is 0 Å². The Bertz CT molecular complexity index is 61.0. The summed E-state index contributed by atoms with van der Waals surface area (Å²) < 4.78 is 11.6. The van der Waals surface area contributed by atoms with Gasteiger partial charge in [0.1, 0.15) is 0 Å². The van der Waals surface area contributed by atoms with E-state index in [4.69, 9.17) is 0 Å². The number of hydrogen-bond acceptors (Lipinski definition) is 1. The lowest BCUT2D eigenvalue weighted by Gasteiger charge is -2.12. The summed E-state index contributed by atoms with van der Waals surface area (Å²) in [6, 6.07) is 0. The molecule has 0 atom stereocenters. The van der Waals surface area contributed by atoms with Gasteiger partial charge in [0.05, 0.1) is 6.67 Å². The van der Waals surface area contributed by atoms with E-state index in [0.717, 1.165) is 18.4 Å². The summed E-state index contributed by atoms with van der Waals surface area (Å²) in [5, 5.41) is 0.968. The zero-order chi connectivity index (χ0) is 7.11. The summed E-state index contributed by atoms with van der Waals surface area (Å²) >= 11 is 3.31. The molecule has 0 saturated carbocycles. The molecule has 0 aliphatic carbocycles. The zero-order valence-electron chi connectivity index (χ0n) is 5.74. The molecule has 1 nitrogen and oxygen atoms in total. The maximum Gasteiger partial charge on any atom is 0.0906 e. The highest BCUT2D eigenvalue weighted by Gasteiger charge is 1.94. The fourth-order valence-electron chi connectivity index (χ4n) is 0.586. The highest BCUT2D eigenvalue weighted by Crippen LogP contribution is 1.89. The third-order valence-corrected chi connectivity index (χ3v) is 1.49. The van der Waals surface area contributed by atoms with Crippen LogP contribution in [0.2, 0.25) is 0 Å². The van der Waals surface area contributed by atoms with Gasteiger partial charge in [0.25, 0.3) is 0 Å². The normalized spacial score (nSPS) is 10.7. The molecule has 0 radical (unpaired) electrons. The summed E-state index contributed by atoms with van der Waals surface area (Å²) in [5.74, 6) is 0. The quantitative estimate of drug-likeness (QED) is 0.607. The Hall–Kier alpha value is 0.370. The van der Waals surface area contributed by atoms with E-state index >= 15 is 0 Å². The van der Waals surface area contributed by atoms with Crippen LogP contribution in [0.25, 0.3) is 0 Å². The molecule has 0 N–H and O–H groups in total. The largest absolute Gasteiger partial charge is 0.305 e. The second-order valence-electron chi connectivity index (χ2n) is 2.03. The second-order valence-corrected chi connectivity index (χ2v) is 2.83. The molecule has 0 aliphatic rings. The highest BCUT2D eigenvalue weighted by molar-refractivity contribution is 9.09. The van der Waals surface area contributed by atoms with Gasteiger partial charge in [0.15, 0.2) is 0 Å². The molecule has 0 aromatic rings. The Labute approximate surface area is 64.4 Å². The van der Waals surface area contributed by atoms with Gasteiger partial charge in [-0.05, 0) is 13.5 Å². The molecule has 0 unspecified atom stereocenters. The Kier molecular flexibility index (Phi) is 6.76. The average molecular weight is 198 g/mol. The van der Waals surface area contributed by atoms with Crippen LogP contribution in [0.3, 0.4) is 0 Å². The van der Waals surface area contributed by atoms with E-state index in [9.17, 15) is 4.39 Å². The van der Waals surface area contributed by atoms with E-state index in [-0.39, 0.29) is 6.67 Å². The van der Waals surface area contributed by atoms with Crippen molar-refractivity contribution in [3.05, 3.63) is 0 Å². The minimum Gasteiger partial charge on any atom is -0.305 e. The summed E-state index contributed by atoms with van der Waals surface area (Å²) in [6.45, 7) is 1.66. The Balaban J connectivity index is 2.95. The fraction of sp³-hybridized carbons (Fsp3) is 1.00. The standard InChI is InChI=1S/C6H13BrFN/c1-9(6-3-7)5-2-4-8/h2-6H2,1H3. The minimum atomic E-state index is -0.202. The van der Waals surface area contributed by atoms with Crippen LogP contribution in [0.4, 0.5) is 4.39 Å². The van der Waals surface area contributed by atoms with Gasteiger partial charge < -0.3 is 4.90 Å². The fourth-order valence-corrected chi connectivity index (χ4v) is 1.19. The monoisotopic (exact) mass is 197 g/mol. The van der Waals surface area contributed by atoms with Crippen LogP contribution in [0.1, 0.15) is 6.42 Å². The molecule has 0 spiro atoms. The maximum atomic E-state index is 11.6. The van der Waals surface area contributed by atoms with E-state index in [1.165, 1.54) is 0 Å². The first kappa shape index (κ1) is 9.37. The molecular weight excluding hydrogens is 185 g/mol. The van der Waals surface area contributed by atoms with Crippen molar-refractivity contribution in [3.8, 4) is 0 Å². The molecule has 0 aliphatic heterocycles. The Morgan fingerprint density at radius 2 is 2.11 bits per heavy atom. The lowest BCUT2D eigenvalue weighted by molar-refractivity contribution is 0.326. The predicted octanol–water partition coefficient (Wildman–Crippen LogP) is 1.67. The number of rotatable bonds is 5. The molecule has 0 saturated heterocycles. The van der Waals surface area contributed by atoms with E-state index in [2.05, 4.69) is 20.8 Å². The third-order valence-electron chi connectivity index (χ3n) is 1.14. The molecule has 0 aromatic carbocycles. The number of nitrogens with zero attached hydrogens (tertiary/aromatic N) is 1. The molecule has 0 aromatic heterocycles. The topological polar surface area (TPSA) is 3.24 Å². The zero-order valence-corrected chi connectivity index (χ0v) is 7.32. The third kappa shape index (κ3) is 6.25. The van der Waals surface area contributed by atoms with Crippen LogP contribution in [-0.2, 0) is 0 Å².